The van der Waals surface area contributed by atoms with Crippen molar-refractivity contribution in [2.75, 3.05) is 6.54 Å². The molecule has 0 aliphatic carbocycles. The van der Waals surface area contributed by atoms with E-state index in [1.807, 2.05) is 51.1 Å². The number of aliphatic carboxylic acids is 1. The highest BCUT2D eigenvalue weighted by atomic mass is 16.6. The highest BCUT2D eigenvalue weighted by Crippen LogP contribution is 2.35. The Morgan fingerprint density at radius 1 is 1.26 bits per heavy atom. The molecule has 1 aliphatic heterocycles. The van der Waals surface area contributed by atoms with E-state index >= 15 is 0 Å². The van der Waals surface area contributed by atoms with Crippen LogP contribution in [0, 0.1) is 11.3 Å². The quantitative estimate of drug-likeness (QED) is 0.925. The Morgan fingerprint density at radius 2 is 1.91 bits per heavy atom. The van der Waals surface area contributed by atoms with E-state index in [1.54, 1.807) is 4.90 Å². The molecule has 1 heterocycles. The Labute approximate surface area is 137 Å². The SMILES string of the molecule is CC(C)(C)C1CC(C(=O)O)CCN1C(=O)OCc1ccccc1. The summed E-state index contributed by atoms with van der Waals surface area (Å²) < 4.78 is 5.43. The number of hydrogen-bond acceptors (Lipinski definition) is 3. The van der Waals surface area contributed by atoms with Crippen molar-refractivity contribution in [2.24, 2.45) is 11.3 Å². The fourth-order valence-corrected chi connectivity index (χ4v) is 3.03. The van der Waals surface area contributed by atoms with E-state index in [0.717, 1.165) is 5.56 Å². The van der Waals surface area contributed by atoms with Gasteiger partial charge in [-0.25, -0.2) is 4.79 Å². The molecule has 5 heteroatoms. The van der Waals surface area contributed by atoms with Crippen LogP contribution in [-0.2, 0) is 16.1 Å². The Morgan fingerprint density at radius 3 is 2.48 bits per heavy atom. The smallest absolute Gasteiger partial charge is 0.410 e. The van der Waals surface area contributed by atoms with Crippen LogP contribution < -0.4 is 0 Å². The van der Waals surface area contributed by atoms with E-state index < -0.39 is 11.9 Å². The van der Waals surface area contributed by atoms with Gasteiger partial charge in [0.25, 0.3) is 0 Å². The van der Waals surface area contributed by atoms with Crippen molar-refractivity contribution in [1.82, 2.24) is 4.90 Å². The van der Waals surface area contributed by atoms with Crippen LogP contribution >= 0.6 is 0 Å². The van der Waals surface area contributed by atoms with Gasteiger partial charge in [0.05, 0.1) is 5.92 Å². The van der Waals surface area contributed by atoms with Gasteiger partial charge in [0.1, 0.15) is 6.61 Å². The zero-order valence-corrected chi connectivity index (χ0v) is 14.0. The van der Waals surface area contributed by atoms with Gasteiger partial charge in [-0.15, -0.1) is 0 Å². The predicted molar refractivity (Wildman–Crippen MR) is 86.9 cm³/mol. The highest BCUT2D eigenvalue weighted by molar-refractivity contribution is 5.72. The van der Waals surface area contributed by atoms with Gasteiger partial charge in [-0.2, -0.15) is 0 Å². The Kier molecular flexibility index (Phi) is 5.29. The lowest BCUT2D eigenvalue weighted by Crippen LogP contribution is -2.53. The maximum absolute atomic E-state index is 12.5. The molecule has 1 fully saturated rings. The van der Waals surface area contributed by atoms with Gasteiger partial charge in [-0.05, 0) is 23.8 Å². The van der Waals surface area contributed by atoms with E-state index in [9.17, 15) is 14.7 Å². The molecule has 2 unspecified atom stereocenters. The molecule has 1 aromatic carbocycles. The van der Waals surface area contributed by atoms with Crippen LogP contribution in [-0.4, -0.2) is 34.7 Å². The summed E-state index contributed by atoms with van der Waals surface area (Å²) in [6.45, 7) is 6.74. The van der Waals surface area contributed by atoms with E-state index in [0.29, 0.717) is 19.4 Å². The number of benzene rings is 1. The predicted octanol–water partition coefficient (Wildman–Crippen LogP) is 3.53. The second kappa shape index (κ2) is 7.02. The summed E-state index contributed by atoms with van der Waals surface area (Å²) >= 11 is 0. The van der Waals surface area contributed by atoms with Crippen molar-refractivity contribution in [3.8, 4) is 0 Å². The Balaban J connectivity index is 2.03. The topological polar surface area (TPSA) is 66.8 Å². The first-order valence-electron chi connectivity index (χ1n) is 7.99. The van der Waals surface area contributed by atoms with E-state index in [1.165, 1.54) is 0 Å². The summed E-state index contributed by atoms with van der Waals surface area (Å²) in [7, 11) is 0. The van der Waals surface area contributed by atoms with Crippen LogP contribution in [0.4, 0.5) is 4.79 Å². The number of hydrogen-bond donors (Lipinski definition) is 1. The molecule has 0 radical (unpaired) electrons. The second-order valence-corrected chi connectivity index (χ2v) is 7.17. The summed E-state index contributed by atoms with van der Waals surface area (Å²) in [6, 6.07) is 9.40. The highest BCUT2D eigenvalue weighted by Gasteiger charge is 2.41. The normalized spacial score (nSPS) is 21.8. The summed E-state index contributed by atoms with van der Waals surface area (Å²) in [4.78, 5) is 25.4. The van der Waals surface area contributed by atoms with Crippen LogP contribution in [0.15, 0.2) is 30.3 Å². The van der Waals surface area contributed by atoms with Crippen LogP contribution in [0.3, 0.4) is 0 Å². The Hall–Kier alpha value is -2.04. The monoisotopic (exact) mass is 319 g/mol. The number of carbonyl (C=O) groups is 2. The average Bonchev–Trinajstić information content (AvgIpc) is 2.52. The summed E-state index contributed by atoms with van der Waals surface area (Å²) in [5.41, 5.74) is 0.744. The number of rotatable bonds is 3. The number of nitrogens with zero attached hydrogens (tertiary/aromatic N) is 1. The third-order valence-electron chi connectivity index (χ3n) is 4.39. The molecular weight excluding hydrogens is 294 g/mol. The van der Waals surface area contributed by atoms with Crippen molar-refractivity contribution in [1.29, 1.82) is 0 Å². The molecule has 1 saturated heterocycles. The van der Waals surface area contributed by atoms with Crippen LogP contribution in [0.2, 0.25) is 0 Å². The van der Waals surface area contributed by atoms with Gasteiger partial charge in [0.15, 0.2) is 0 Å². The van der Waals surface area contributed by atoms with Crippen molar-refractivity contribution >= 4 is 12.1 Å². The van der Waals surface area contributed by atoms with E-state index in [-0.39, 0.29) is 24.2 Å². The number of carbonyl (C=O) groups excluding carboxylic acids is 1. The number of piperidine rings is 1. The van der Waals surface area contributed by atoms with E-state index in [2.05, 4.69) is 0 Å². The van der Waals surface area contributed by atoms with Gasteiger partial charge >= 0.3 is 12.1 Å². The largest absolute Gasteiger partial charge is 0.481 e. The number of likely N-dealkylation sites (tertiary alicyclic amines) is 1. The lowest BCUT2D eigenvalue weighted by molar-refractivity contribution is -0.144. The van der Waals surface area contributed by atoms with Gasteiger partial charge in [-0.1, -0.05) is 51.1 Å². The minimum absolute atomic E-state index is 0.138. The fraction of sp³-hybridized carbons (Fsp3) is 0.556. The first-order chi connectivity index (χ1) is 10.8. The first kappa shape index (κ1) is 17.3. The van der Waals surface area contributed by atoms with Gasteiger partial charge in [0.2, 0.25) is 0 Å². The molecule has 1 amide bonds. The standard InChI is InChI=1S/C18H25NO4/c1-18(2,3)15-11-14(16(20)21)9-10-19(15)17(22)23-12-13-7-5-4-6-8-13/h4-8,14-15H,9-12H2,1-3H3,(H,20,21). The van der Waals surface area contributed by atoms with Gasteiger partial charge in [0, 0.05) is 12.6 Å². The van der Waals surface area contributed by atoms with Gasteiger partial charge in [-0.3, -0.25) is 4.79 Å². The molecule has 1 aliphatic rings. The third-order valence-corrected chi connectivity index (χ3v) is 4.39. The molecule has 1 N–H and O–H groups in total. The van der Waals surface area contributed by atoms with Crippen molar-refractivity contribution in [2.45, 2.75) is 46.3 Å². The van der Waals surface area contributed by atoms with Crippen molar-refractivity contribution < 1.29 is 19.4 Å². The van der Waals surface area contributed by atoms with Crippen LogP contribution in [0.1, 0.15) is 39.2 Å². The van der Waals surface area contributed by atoms with Crippen molar-refractivity contribution in [3.63, 3.8) is 0 Å². The zero-order chi connectivity index (χ0) is 17.0. The maximum atomic E-state index is 12.5. The molecule has 2 rings (SSSR count). The lowest BCUT2D eigenvalue weighted by Gasteiger charge is -2.44. The minimum atomic E-state index is -0.781. The van der Waals surface area contributed by atoms with Crippen LogP contribution in [0.5, 0.6) is 0 Å². The molecule has 0 spiro atoms. The molecule has 2 atom stereocenters. The number of carboxylic acids is 1. The molecule has 5 nitrogen and oxygen atoms in total. The van der Waals surface area contributed by atoms with E-state index in [4.69, 9.17) is 4.74 Å². The van der Waals surface area contributed by atoms with Crippen LogP contribution in [0.25, 0.3) is 0 Å². The first-order valence-corrected chi connectivity index (χ1v) is 7.99. The molecule has 0 saturated carbocycles. The number of ether oxygens (including phenoxy) is 1. The maximum Gasteiger partial charge on any atom is 0.410 e. The average molecular weight is 319 g/mol. The fourth-order valence-electron chi connectivity index (χ4n) is 3.03. The molecular formula is C18H25NO4. The molecule has 1 aromatic rings. The van der Waals surface area contributed by atoms with Gasteiger partial charge < -0.3 is 14.7 Å². The lowest BCUT2D eigenvalue weighted by atomic mass is 9.77. The summed E-state index contributed by atoms with van der Waals surface area (Å²) in [6.07, 6.45) is 0.583. The third kappa shape index (κ3) is 4.47. The van der Waals surface area contributed by atoms with Crippen molar-refractivity contribution in [3.05, 3.63) is 35.9 Å². The summed E-state index contributed by atoms with van der Waals surface area (Å²) in [5, 5.41) is 9.26. The minimum Gasteiger partial charge on any atom is -0.481 e. The second-order valence-electron chi connectivity index (χ2n) is 7.17. The number of amides is 1. The molecule has 0 bridgehead atoms. The molecule has 23 heavy (non-hydrogen) atoms. The molecule has 0 aromatic heterocycles. The zero-order valence-electron chi connectivity index (χ0n) is 14.0. The Bertz CT molecular complexity index is 550. The summed E-state index contributed by atoms with van der Waals surface area (Å²) in [5.74, 6) is -1.17. The number of carboxylic acid groups (broad SMARTS) is 1. The molecule has 126 valence electrons.